The lowest BCUT2D eigenvalue weighted by Crippen LogP contribution is -2.34. The van der Waals surface area contributed by atoms with Crippen molar-refractivity contribution in [2.75, 3.05) is 85.3 Å². The standard InChI is InChI=1S/C43H86O12/c1-15-17-18-20-33(45-4)22-35(47-6)24-37(49-8)26-39(51-10)28-41(53-12)30-43(55-14)31-42(54-13)29-40(52-11)27-38(50-9)25-36(48-7)23-34(46-5)21-32(44-3)19-16-2/h16,32-43H,2,15,17-31H2,1,3-14H3/t32-,33+,34-,35+,36-,37+,38-,39+,40-,41+,42-,43+/m0/s1. The molecule has 12 atom stereocenters. The fraction of sp³-hybridized carbons (Fsp3) is 0.953. The van der Waals surface area contributed by atoms with Crippen LogP contribution < -0.4 is 0 Å². The first kappa shape index (κ1) is 54.3. The lowest BCUT2D eigenvalue weighted by atomic mass is 9.93. The van der Waals surface area contributed by atoms with Crippen molar-refractivity contribution in [3.63, 3.8) is 0 Å². The zero-order chi connectivity index (χ0) is 41.4. The predicted molar refractivity (Wildman–Crippen MR) is 219 cm³/mol. The molecule has 0 aliphatic heterocycles. The van der Waals surface area contributed by atoms with Gasteiger partial charge in [-0.05, 0) is 77.0 Å². The van der Waals surface area contributed by atoms with E-state index in [2.05, 4.69) is 13.5 Å². The first-order chi connectivity index (χ1) is 26.6. The van der Waals surface area contributed by atoms with E-state index >= 15 is 0 Å². The van der Waals surface area contributed by atoms with E-state index in [1.807, 2.05) is 6.08 Å². The monoisotopic (exact) mass is 795 g/mol. The van der Waals surface area contributed by atoms with E-state index in [1.165, 1.54) is 12.8 Å². The zero-order valence-electron chi connectivity index (χ0n) is 37.4. The van der Waals surface area contributed by atoms with Crippen LogP contribution in [0.5, 0.6) is 0 Å². The molecule has 0 bridgehead atoms. The SMILES string of the molecule is C=CC[C@@H](C[C@@H](C[C@@H](C[C@@H](C[C@@H](C[C@@H](C[C@@H](C[C@@H](C[C@@H](C[C@@H](C[C@@H](C[C@@H](CCCCC)OC)OC)OC)OC)OC)OC)OC)OC)OC)OC)OC)OC. The van der Waals surface area contributed by atoms with Gasteiger partial charge in [0.1, 0.15) is 0 Å². The van der Waals surface area contributed by atoms with Crippen LogP contribution in [0.15, 0.2) is 12.7 Å². The number of ether oxygens (including phenoxy) is 12. The van der Waals surface area contributed by atoms with Gasteiger partial charge in [0, 0.05) is 91.7 Å². The minimum absolute atomic E-state index is 0.00643. The summed E-state index contributed by atoms with van der Waals surface area (Å²) in [6.45, 7) is 6.07. The largest absolute Gasteiger partial charge is 0.381 e. The van der Waals surface area contributed by atoms with Crippen molar-refractivity contribution in [3.8, 4) is 0 Å². The third-order valence-corrected chi connectivity index (χ3v) is 11.3. The molecule has 0 aliphatic rings. The quantitative estimate of drug-likeness (QED) is 0.0450. The molecule has 0 N–H and O–H groups in total. The van der Waals surface area contributed by atoms with Crippen LogP contribution in [0.4, 0.5) is 0 Å². The van der Waals surface area contributed by atoms with E-state index in [0.717, 1.165) is 51.4 Å². The number of hydrogen-bond donors (Lipinski definition) is 0. The highest BCUT2D eigenvalue weighted by Gasteiger charge is 2.30. The number of rotatable bonds is 40. The van der Waals surface area contributed by atoms with E-state index in [1.54, 1.807) is 85.3 Å². The second kappa shape index (κ2) is 35.2. The third kappa shape index (κ3) is 24.7. The maximum atomic E-state index is 6.00. The summed E-state index contributed by atoms with van der Waals surface area (Å²) in [6, 6.07) is 0. The lowest BCUT2D eigenvalue weighted by molar-refractivity contribution is -0.0624. The van der Waals surface area contributed by atoms with Gasteiger partial charge in [0.15, 0.2) is 0 Å². The maximum absolute atomic E-state index is 6.00. The molecule has 0 rings (SSSR count). The summed E-state index contributed by atoms with van der Waals surface area (Å²) in [5, 5.41) is 0. The smallest absolute Gasteiger partial charge is 0.0630 e. The molecule has 0 aromatic heterocycles. The van der Waals surface area contributed by atoms with E-state index in [9.17, 15) is 0 Å². The second-order valence-corrected chi connectivity index (χ2v) is 14.9. The Balaban J connectivity index is 5.34. The molecule has 0 fully saturated rings. The van der Waals surface area contributed by atoms with Gasteiger partial charge in [0.25, 0.3) is 0 Å². The van der Waals surface area contributed by atoms with Gasteiger partial charge in [0.2, 0.25) is 0 Å². The molecule has 0 saturated heterocycles. The Kier molecular flexibility index (Phi) is 34.8. The number of unbranched alkanes of at least 4 members (excludes halogenated alkanes) is 2. The molecule has 0 radical (unpaired) electrons. The summed E-state index contributed by atoms with van der Waals surface area (Å²) in [5.74, 6) is 0. The van der Waals surface area contributed by atoms with Crippen molar-refractivity contribution < 1.29 is 56.8 Å². The summed E-state index contributed by atoms with van der Waals surface area (Å²) in [6.07, 6.45) is 15.1. The second-order valence-electron chi connectivity index (χ2n) is 14.9. The van der Waals surface area contributed by atoms with Gasteiger partial charge in [-0.3, -0.25) is 0 Å². The molecular formula is C43H86O12. The van der Waals surface area contributed by atoms with Crippen LogP contribution >= 0.6 is 0 Å². The van der Waals surface area contributed by atoms with Crippen LogP contribution in [0.3, 0.4) is 0 Å². The van der Waals surface area contributed by atoms with Gasteiger partial charge < -0.3 is 56.8 Å². The Morgan fingerprint density at radius 1 is 0.309 bits per heavy atom. The average Bonchev–Trinajstić information content (AvgIpc) is 3.21. The van der Waals surface area contributed by atoms with Gasteiger partial charge in [-0.25, -0.2) is 0 Å². The Labute approximate surface area is 337 Å². The lowest BCUT2D eigenvalue weighted by Gasteiger charge is -2.31. The fourth-order valence-electron chi connectivity index (χ4n) is 7.54. The molecule has 55 heavy (non-hydrogen) atoms. The van der Waals surface area contributed by atoms with E-state index < -0.39 is 0 Å². The predicted octanol–water partition coefficient (Wildman–Crippen LogP) is 7.61. The molecule has 0 saturated carbocycles. The molecule has 0 aromatic carbocycles. The highest BCUT2D eigenvalue weighted by atomic mass is 16.5. The molecule has 0 heterocycles. The van der Waals surface area contributed by atoms with Crippen LogP contribution in [0.2, 0.25) is 0 Å². The first-order valence-corrected chi connectivity index (χ1v) is 20.5. The minimum Gasteiger partial charge on any atom is -0.381 e. The number of methoxy groups -OCH3 is 12. The van der Waals surface area contributed by atoms with E-state index in [4.69, 9.17) is 56.8 Å². The van der Waals surface area contributed by atoms with Crippen molar-refractivity contribution in [3.05, 3.63) is 12.7 Å². The first-order valence-electron chi connectivity index (χ1n) is 20.5. The Hall–Kier alpha value is -0.740. The van der Waals surface area contributed by atoms with Crippen LogP contribution in [0.1, 0.15) is 110 Å². The van der Waals surface area contributed by atoms with Crippen molar-refractivity contribution in [2.45, 2.75) is 183 Å². The summed E-state index contributed by atoms with van der Waals surface area (Å²) in [4.78, 5) is 0. The summed E-state index contributed by atoms with van der Waals surface area (Å²) in [7, 11) is 21.0. The number of hydrogen-bond acceptors (Lipinski definition) is 12. The van der Waals surface area contributed by atoms with Gasteiger partial charge in [-0.2, -0.15) is 0 Å². The fourth-order valence-corrected chi connectivity index (χ4v) is 7.54. The van der Waals surface area contributed by atoms with E-state index in [0.29, 0.717) is 38.5 Å². The van der Waals surface area contributed by atoms with Gasteiger partial charge in [-0.1, -0.05) is 32.3 Å². The highest BCUT2D eigenvalue weighted by molar-refractivity contribution is 4.82. The zero-order valence-corrected chi connectivity index (χ0v) is 37.4. The van der Waals surface area contributed by atoms with Gasteiger partial charge in [-0.15, -0.1) is 6.58 Å². The molecule has 0 aliphatic carbocycles. The third-order valence-electron chi connectivity index (χ3n) is 11.3. The molecule has 12 heteroatoms. The van der Waals surface area contributed by atoms with Gasteiger partial charge >= 0.3 is 0 Å². The summed E-state index contributed by atoms with van der Waals surface area (Å²) in [5.41, 5.74) is 0. The molecule has 12 nitrogen and oxygen atoms in total. The molecular weight excluding hydrogens is 708 g/mol. The minimum atomic E-state index is -0.0863. The van der Waals surface area contributed by atoms with Crippen molar-refractivity contribution in [2.24, 2.45) is 0 Å². The molecule has 0 spiro atoms. The summed E-state index contributed by atoms with van der Waals surface area (Å²) < 4.78 is 70.9. The van der Waals surface area contributed by atoms with Crippen LogP contribution in [-0.4, -0.2) is 159 Å². The Bertz CT molecular complexity index is 852. The molecule has 0 amide bonds. The topological polar surface area (TPSA) is 111 Å². The van der Waals surface area contributed by atoms with Crippen LogP contribution in [0.25, 0.3) is 0 Å². The Morgan fingerprint density at radius 3 is 0.691 bits per heavy atom. The van der Waals surface area contributed by atoms with Crippen molar-refractivity contribution >= 4 is 0 Å². The van der Waals surface area contributed by atoms with Crippen LogP contribution in [-0.2, 0) is 56.8 Å². The normalized spacial score (nSPS) is 18.8. The molecule has 0 aromatic rings. The van der Waals surface area contributed by atoms with E-state index in [-0.39, 0.29) is 73.2 Å². The van der Waals surface area contributed by atoms with Crippen molar-refractivity contribution in [1.29, 1.82) is 0 Å². The van der Waals surface area contributed by atoms with Crippen LogP contribution in [0, 0.1) is 0 Å². The maximum Gasteiger partial charge on any atom is 0.0630 e. The average molecular weight is 795 g/mol. The Morgan fingerprint density at radius 2 is 0.509 bits per heavy atom. The summed E-state index contributed by atoms with van der Waals surface area (Å²) >= 11 is 0. The highest BCUT2D eigenvalue weighted by Crippen LogP contribution is 2.26. The van der Waals surface area contributed by atoms with Crippen molar-refractivity contribution in [1.82, 2.24) is 0 Å². The molecule has 0 unspecified atom stereocenters. The molecule has 330 valence electrons. The van der Waals surface area contributed by atoms with Gasteiger partial charge in [0.05, 0.1) is 73.2 Å².